The van der Waals surface area contributed by atoms with E-state index in [4.69, 9.17) is 11.6 Å². The second kappa shape index (κ2) is 5.35. The van der Waals surface area contributed by atoms with Crippen LogP contribution in [0.4, 0.5) is 0 Å². The van der Waals surface area contributed by atoms with Crippen molar-refractivity contribution in [1.29, 1.82) is 0 Å². The van der Waals surface area contributed by atoms with Gasteiger partial charge in [0.2, 0.25) is 0 Å². The van der Waals surface area contributed by atoms with Crippen molar-refractivity contribution in [2.75, 3.05) is 0 Å². The summed E-state index contributed by atoms with van der Waals surface area (Å²) in [5.41, 5.74) is 2.02. The van der Waals surface area contributed by atoms with Crippen molar-refractivity contribution in [3.8, 4) is 0 Å². The molecule has 0 radical (unpaired) electrons. The summed E-state index contributed by atoms with van der Waals surface area (Å²) >= 11 is 12.9. The van der Waals surface area contributed by atoms with Crippen molar-refractivity contribution in [3.05, 3.63) is 67.7 Å². The van der Waals surface area contributed by atoms with Crippen LogP contribution in [0.25, 0.3) is 10.9 Å². The molecule has 3 aromatic rings. The van der Waals surface area contributed by atoms with Crippen molar-refractivity contribution < 1.29 is 4.79 Å². The Morgan fingerprint density at radius 1 is 1.10 bits per heavy atom. The van der Waals surface area contributed by atoms with Crippen LogP contribution in [0.15, 0.2) is 51.5 Å². The van der Waals surface area contributed by atoms with Crippen LogP contribution in [0.2, 0.25) is 5.02 Å². The van der Waals surface area contributed by atoms with Gasteiger partial charge in [-0.25, -0.2) is 0 Å². The molecular formula is C15H8Br2ClNO. The molecule has 0 saturated heterocycles. The number of carbonyl (C=O) groups is 1. The van der Waals surface area contributed by atoms with Gasteiger partial charge < -0.3 is 4.98 Å². The first kappa shape index (κ1) is 13.9. The van der Waals surface area contributed by atoms with E-state index in [1.165, 1.54) is 0 Å². The van der Waals surface area contributed by atoms with E-state index in [1.807, 2.05) is 18.2 Å². The molecule has 0 unspecified atom stereocenters. The van der Waals surface area contributed by atoms with Gasteiger partial charge in [-0.1, -0.05) is 55.6 Å². The summed E-state index contributed by atoms with van der Waals surface area (Å²) < 4.78 is 1.71. The van der Waals surface area contributed by atoms with E-state index in [0.717, 1.165) is 19.8 Å². The zero-order chi connectivity index (χ0) is 14.3. The van der Waals surface area contributed by atoms with E-state index in [2.05, 4.69) is 36.8 Å². The number of ketones is 1. The van der Waals surface area contributed by atoms with Crippen LogP contribution in [-0.4, -0.2) is 10.8 Å². The minimum absolute atomic E-state index is 0.0412. The van der Waals surface area contributed by atoms with E-state index in [-0.39, 0.29) is 5.78 Å². The summed E-state index contributed by atoms with van der Waals surface area (Å²) in [7, 11) is 0. The quantitative estimate of drug-likeness (QED) is 0.547. The summed E-state index contributed by atoms with van der Waals surface area (Å²) in [6, 6.07) is 11.0. The van der Waals surface area contributed by atoms with Gasteiger partial charge in [0.1, 0.15) is 0 Å². The molecule has 0 fully saturated rings. The Morgan fingerprint density at radius 2 is 1.80 bits per heavy atom. The number of para-hydroxylation sites is 1. The average Bonchev–Trinajstić information content (AvgIpc) is 2.82. The number of hydrogen-bond donors (Lipinski definition) is 1. The fourth-order valence-corrected chi connectivity index (χ4v) is 3.67. The van der Waals surface area contributed by atoms with Gasteiger partial charge in [0.15, 0.2) is 5.78 Å². The molecule has 0 amide bonds. The van der Waals surface area contributed by atoms with Gasteiger partial charge in [0, 0.05) is 31.7 Å². The zero-order valence-electron chi connectivity index (χ0n) is 10.1. The number of benzene rings is 2. The van der Waals surface area contributed by atoms with Crippen molar-refractivity contribution >= 4 is 60.1 Å². The van der Waals surface area contributed by atoms with Gasteiger partial charge >= 0.3 is 0 Å². The number of aromatic amines is 1. The lowest BCUT2D eigenvalue weighted by Crippen LogP contribution is -2.00. The summed E-state index contributed by atoms with van der Waals surface area (Å²) in [6.45, 7) is 0. The van der Waals surface area contributed by atoms with Gasteiger partial charge in [-0.15, -0.1) is 0 Å². The molecule has 1 heterocycles. The van der Waals surface area contributed by atoms with Crippen molar-refractivity contribution in [3.63, 3.8) is 0 Å². The first-order chi connectivity index (χ1) is 9.56. The third kappa shape index (κ3) is 2.43. The third-order valence-electron chi connectivity index (χ3n) is 3.03. The third-order valence-corrected chi connectivity index (χ3v) is 4.26. The normalized spacial score (nSPS) is 10.9. The van der Waals surface area contributed by atoms with Crippen LogP contribution in [0.5, 0.6) is 0 Å². The van der Waals surface area contributed by atoms with Gasteiger partial charge in [-0.3, -0.25) is 4.79 Å². The van der Waals surface area contributed by atoms with Gasteiger partial charge in [-0.2, -0.15) is 0 Å². The van der Waals surface area contributed by atoms with Crippen LogP contribution >= 0.6 is 43.5 Å². The van der Waals surface area contributed by atoms with Crippen molar-refractivity contribution in [2.24, 2.45) is 0 Å². The van der Waals surface area contributed by atoms with E-state index >= 15 is 0 Å². The lowest BCUT2D eigenvalue weighted by atomic mass is 10.0. The number of halogens is 3. The number of fused-ring (bicyclic) bond motifs is 1. The predicted octanol–water partition coefficient (Wildman–Crippen LogP) is 5.58. The second-order valence-corrected chi connectivity index (χ2v) is 6.59. The number of rotatable bonds is 2. The Labute approximate surface area is 137 Å². The fraction of sp³-hybridized carbons (Fsp3) is 0. The number of nitrogens with one attached hydrogen (secondary N) is 1. The van der Waals surface area contributed by atoms with Crippen LogP contribution in [0.3, 0.4) is 0 Å². The smallest absolute Gasteiger partial charge is 0.195 e. The molecule has 1 aromatic heterocycles. The maximum atomic E-state index is 12.6. The highest BCUT2D eigenvalue weighted by Crippen LogP contribution is 2.28. The summed E-state index contributed by atoms with van der Waals surface area (Å²) in [4.78, 5) is 15.7. The number of aromatic nitrogens is 1. The fourth-order valence-electron chi connectivity index (χ4n) is 2.15. The van der Waals surface area contributed by atoms with Crippen molar-refractivity contribution in [2.45, 2.75) is 0 Å². The van der Waals surface area contributed by atoms with Gasteiger partial charge in [-0.05, 0) is 24.3 Å². The monoisotopic (exact) mass is 411 g/mol. The van der Waals surface area contributed by atoms with Crippen LogP contribution in [0, 0.1) is 0 Å². The van der Waals surface area contributed by atoms with Crippen molar-refractivity contribution in [1.82, 2.24) is 4.98 Å². The van der Waals surface area contributed by atoms with Crippen LogP contribution in [-0.2, 0) is 0 Å². The molecule has 2 nitrogen and oxygen atoms in total. The molecule has 0 aliphatic heterocycles. The summed E-state index contributed by atoms with van der Waals surface area (Å²) in [6.07, 6.45) is 1.70. The lowest BCUT2D eigenvalue weighted by Gasteiger charge is -2.02. The number of carbonyl (C=O) groups excluding carboxylic acids is 1. The number of H-pyrrole nitrogens is 1. The maximum Gasteiger partial charge on any atom is 0.195 e. The molecule has 2 aromatic carbocycles. The Balaban J connectivity index is 2.15. The standard InChI is InChI=1S/C15H8Br2ClNO/c16-9-4-8(5-10(17)6-9)15(20)12-7-19-14-11(12)2-1-3-13(14)18/h1-7,19H. The topological polar surface area (TPSA) is 32.9 Å². The maximum absolute atomic E-state index is 12.6. The first-order valence-electron chi connectivity index (χ1n) is 5.82. The molecule has 0 atom stereocenters. The average molecular weight is 413 g/mol. The molecule has 0 saturated carbocycles. The summed E-state index contributed by atoms with van der Waals surface area (Å²) in [5, 5.41) is 1.44. The molecule has 1 N–H and O–H groups in total. The van der Waals surface area contributed by atoms with E-state index in [9.17, 15) is 4.79 Å². The highest BCUT2D eigenvalue weighted by Gasteiger charge is 2.16. The van der Waals surface area contributed by atoms with Crippen LogP contribution < -0.4 is 0 Å². The molecule has 5 heteroatoms. The van der Waals surface area contributed by atoms with E-state index < -0.39 is 0 Å². The lowest BCUT2D eigenvalue weighted by molar-refractivity contribution is 0.104. The predicted molar refractivity (Wildman–Crippen MR) is 88.6 cm³/mol. The Hall–Kier alpha value is -1.10. The van der Waals surface area contributed by atoms with Gasteiger partial charge in [0.05, 0.1) is 10.5 Å². The molecule has 3 rings (SSSR count). The molecule has 100 valence electrons. The minimum Gasteiger partial charge on any atom is -0.359 e. The Bertz CT molecular complexity index is 806. The first-order valence-corrected chi connectivity index (χ1v) is 7.79. The Morgan fingerprint density at radius 3 is 2.50 bits per heavy atom. The van der Waals surface area contributed by atoms with Gasteiger partial charge in [0.25, 0.3) is 0 Å². The number of hydrogen-bond acceptors (Lipinski definition) is 1. The minimum atomic E-state index is -0.0412. The highest BCUT2D eigenvalue weighted by atomic mass is 79.9. The SMILES string of the molecule is O=C(c1cc(Br)cc(Br)c1)c1c[nH]c2c(Cl)cccc12. The van der Waals surface area contributed by atoms with E-state index in [1.54, 1.807) is 24.4 Å². The molecular weight excluding hydrogens is 405 g/mol. The Kier molecular flexibility index (Phi) is 3.71. The molecule has 20 heavy (non-hydrogen) atoms. The van der Waals surface area contributed by atoms with Crippen LogP contribution in [0.1, 0.15) is 15.9 Å². The molecule has 0 bridgehead atoms. The zero-order valence-corrected chi connectivity index (χ0v) is 14.0. The molecule has 0 aliphatic carbocycles. The second-order valence-electron chi connectivity index (χ2n) is 4.35. The highest BCUT2D eigenvalue weighted by molar-refractivity contribution is 9.11. The summed E-state index contributed by atoms with van der Waals surface area (Å²) in [5.74, 6) is -0.0412. The largest absolute Gasteiger partial charge is 0.359 e. The molecule has 0 spiro atoms. The van der Waals surface area contributed by atoms with E-state index in [0.29, 0.717) is 16.1 Å². The molecule has 0 aliphatic rings.